The molecule has 0 radical (unpaired) electrons. The van der Waals surface area contributed by atoms with Gasteiger partial charge in [0.25, 0.3) is 0 Å². The Bertz CT molecular complexity index is 745. The minimum Gasteiger partial charge on any atom is -0.223 e. The molecule has 1 aromatic heterocycles. The number of thiophene rings is 1. The molecule has 0 N–H and O–H groups in total. The lowest BCUT2D eigenvalue weighted by Gasteiger charge is -2.25. The Kier molecular flexibility index (Phi) is 5.68. The molecule has 0 aliphatic carbocycles. The van der Waals surface area contributed by atoms with Crippen molar-refractivity contribution in [1.82, 2.24) is 0 Å². The van der Waals surface area contributed by atoms with Crippen molar-refractivity contribution in [2.45, 2.75) is 8.53 Å². The first kappa shape index (κ1) is 17.6. The summed E-state index contributed by atoms with van der Waals surface area (Å²) in [6, 6.07) is 7.64. The number of benzene rings is 1. The van der Waals surface area contributed by atoms with Crippen LogP contribution < -0.4 is 0 Å². The summed E-state index contributed by atoms with van der Waals surface area (Å²) in [5.41, 5.74) is 0.579. The molecule has 0 bridgehead atoms. The van der Waals surface area contributed by atoms with E-state index in [0.29, 0.717) is 15.4 Å². The van der Waals surface area contributed by atoms with Crippen LogP contribution in [-0.2, 0) is 14.2 Å². The van der Waals surface area contributed by atoms with Gasteiger partial charge in [-0.1, -0.05) is 44.0 Å². The third-order valence-electron chi connectivity index (χ3n) is 2.84. The largest absolute Gasteiger partial charge is 0.223 e. The fraction of sp³-hybridized carbons (Fsp3) is 0.231. The van der Waals surface area contributed by atoms with Gasteiger partial charge in [0, 0.05) is 9.80 Å². The zero-order valence-corrected chi connectivity index (χ0v) is 16.9. The van der Waals surface area contributed by atoms with E-state index in [-0.39, 0.29) is 9.96 Å². The molecular formula is C13H10Br3FO2S2. The molecule has 0 aliphatic rings. The predicted octanol–water partition coefficient (Wildman–Crippen LogP) is 5.11. The quantitative estimate of drug-likeness (QED) is 0.513. The summed E-state index contributed by atoms with van der Waals surface area (Å²) in [6.07, 6.45) is 0. The van der Waals surface area contributed by atoms with Crippen molar-refractivity contribution in [2.24, 2.45) is 0 Å². The smallest absolute Gasteiger partial charge is 0.190 e. The lowest BCUT2D eigenvalue weighted by molar-refractivity contribution is 0.588. The molecule has 0 spiro atoms. The second-order valence-corrected chi connectivity index (χ2v) is 10.5. The Morgan fingerprint density at radius 3 is 2.52 bits per heavy atom. The summed E-state index contributed by atoms with van der Waals surface area (Å²) in [6.45, 7) is 0. The first-order valence-electron chi connectivity index (χ1n) is 5.75. The highest BCUT2D eigenvalue weighted by atomic mass is 79.9. The van der Waals surface area contributed by atoms with E-state index in [0.717, 1.165) is 11.3 Å². The maximum absolute atomic E-state index is 13.4. The fourth-order valence-corrected chi connectivity index (χ4v) is 7.90. The van der Waals surface area contributed by atoms with Crippen LogP contribution in [0.3, 0.4) is 0 Å². The van der Waals surface area contributed by atoms with E-state index in [9.17, 15) is 12.8 Å². The Labute approximate surface area is 152 Å². The number of hydrogen-bond acceptors (Lipinski definition) is 3. The van der Waals surface area contributed by atoms with Gasteiger partial charge < -0.3 is 0 Å². The first-order valence-corrected chi connectivity index (χ1v) is 11.0. The standard InChI is InChI=1S/C13H10Br3FO2S2/c14-7-13(16,9-2-1-3-10(17)6-9)8-21(18,19)12-11(15)4-5-20-12/h1-6H,7-8H2. The highest BCUT2D eigenvalue weighted by Gasteiger charge is 2.36. The Hall–Kier alpha value is 0.240. The molecule has 0 amide bonds. The van der Waals surface area contributed by atoms with Crippen molar-refractivity contribution >= 4 is 69.0 Å². The van der Waals surface area contributed by atoms with Crippen LogP contribution in [-0.4, -0.2) is 19.5 Å². The van der Waals surface area contributed by atoms with Crippen LogP contribution in [0.25, 0.3) is 0 Å². The molecule has 1 unspecified atom stereocenters. The molecular weight excluding hydrogens is 511 g/mol. The fourth-order valence-electron chi connectivity index (χ4n) is 1.83. The van der Waals surface area contributed by atoms with Crippen LogP contribution in [0.1, 0.15) is 5.56 Å². The van der Waals surface area contributed by atoms with Crippen LogP contribution in [0.4, 0.5) is 4.39 Å². The number of rotatable bonds is 5. The van der Waals surface area contributed by atoms with E-state index in [2.05, 4.69) is 47.8 Å². The maximum atomic E-state index is 13.4. The van der Waals surface area contributed by atoms with Crippen LogP contribution in [0.2, 0.25) is 0 Å². The van der Waals surface area contributed by atoms with Gasteiger partial charge in [0.2, 0.25) is 0 Å². The molecule has 114 valence electrons. The van der Waals surface area contributed by atoms with E-state index >= 15 is 0 Å². The highest BCUT2D eigenvalue weighted by Crippen LogP contribution is 2.39. The maximum Gasteiger partial charge on any atom is 0.190 e. The van der Waals surface area contributed by atoms with Crippen LogP contribution in [0, 0.1) is 5.82 Å². The molecule has 2 nitrogen and oxygen atoms in total. The average molecular weight is 521 g/mol. The van der Waals surface area contributed by atoms with E-state index in [4.69, 9.17) is 0 Å². The van der Waals surface area contributed by atoms with Crippen LogP contribution in [0.15, 0.2) is 44.4 Å². The summed E-state index contributed by atoms with van der Waals surface area (Å²) in [7, 11) is -3.51. The number of hydrogen-bond donors (Lipinski definition) is 0. The van der Waals surface area contributed by atoms with Gasteiger partial charge in [-0.2, -0.15) is 0 Å². The summed E-state index contributed by atoms with van der Waals surface area (Å²) in [5, 5.41) is 2.05. The second kappa shape index (κ2) is 6.78. The molecule has 1 aromatic carbocycles. The van der Waals surface area contributed by atoms with Gasteiger partial charge in [-0.25, -0.2) is 12.8 Å². The number of alkyl halides is 2. The molecule has 0 aliphatic heterocycles. The summed E-state index contributed by atoms with van der Waals surface area (Å²) >= 11 is 11.2. The van der Waals surface area contributed by atoms with Crippen molar-refractivity contribution in [3.8, 4) is 0 Å². The van der Waals surface area contributed by atoms with Gasteiger partial charge >= 0.3 is 0 Å². The Balaban J connectivity index is 2.41. The third kappa shape index (κ3) is 3.96. The highest BCUT2D eigenvalue weighted by molar-refractivity contribution is 9.12. The Morgan fingerprint density at radius 1 is 1.29 bits per heavy atom. The molecule has 2 rings (SSSR count). The molecule has 1 atom stereocenters. The van der Waals surface area contributed by atoms with Crippen molar-refractivity contribution in [1.29, 1.82) is 0 Å². The minimum atomic E-state index is -3.51. The van der Waals surface area contributed by atoms with Crippen molar-refractivity contribution < 1.29 is 12.8 Å². The molecule has 0 saturated heterocycles. The zero-order chi connectivity index (χ0) is 15.7. The molecule has 2 aromatic rings. The summed E-state index contributed by atoms with van der Waals surface area (Å²) < 4.78 is 38.5. The minimum absolute atomic E-state index is 0.173. The van der Waals surface area contributed by atoms with Gasteiger partial charge in [-0.05, 0) is 45.1 Å². The lowest BCUT2D eigenvalue weighted by Crippen LogP contribution is -2.30. The average Bonchev–Trinajstić information content (AvgIpc) is 2.85. The lowest BCUT2D eigenvalue weighted by atomic mass is 10.0. The monoisotopic (exact) mass is 518 g/mol. The zero-order valence-electron chi connectivity index (χ0n) is 10.5. The summed E-state index contributed by atoms with van der Waals surface area (Å²) in [4.78, 5) is 0. The van der Waals surface area contributed by atoms with Gasteiger partial charge in [-0.15, -0.1) is 11.3 Å². The van der Waals surface area contributed by atoms with E-state index < -0.39 is 20.0 Å². The van der Waals surface area contributed by atoms with Gasteiger partial charge in [0.05, 0.1) is 10.1 Å². The first-order chi connectivity index (χ1) is 9.78. The van der Waals surface area contributed by atoms with Gasteiger partial charge in [0.1, 0.15) is 10.0 Å². The number of halogens is 4. The van der Waals surface area contributed by atoms with Crippen LogP contribution in [0.5, 0.6) is 0 Å². The van der Waals surface area contributed by atoms with Crippen molar-refractivity contribution in [2.75, 3.05) is 11.1 Å². The van der Waals surface area contributed by atoms with E-state index in [1.807, 2.05) is 0 Å². The SMILES string of the molecule is O=S(=O)(CC(Br)(CBr)c1cccc(F)c1)c1sccc1Br. The molecule has 1 heterocycles. The second-order valence-electron chi connectivity index (χ2n) is 4.42. The third-order valence-corrected chi connectivity index (χ3v) is 10.5. The number of sulfone groups is 1. The molecule has 0 saturated carbocycles. The Morgan fingerprint density at radius 2 is 2.00 bits per heavy atom. The predicted molar refractivity (Wildman–Crippen MR) is 94.9 cm³/mol. The van der Waals surface area contributed by atoms with Crippen molar-refractivity contribution in [3.63, 3.8) is 0 Å². The van der Waals surface area contributed by atoms with E-state index in [1.165, 1.54) is 12.1 Å². The topological polar surface area (TPSA) is 34.1 Å². The molecule has 8 heteroatoms. The van der Waals surface area contributed by atoms with Gasteiger partial charge in [-0.3, -0.25) is 0 Å². The van der Waals surface area contributed by atoms with Crippen LogP contribution >= 0.6 is 59.1 Å². The normalized spacial score (nSPS) is 14.9. The molecule has 0 fully saturated rings. The van der Waals surface area contributed by atoms with Gasteiger partial charge in [0.15, 0.2) is 9.84 Å². The van der Waals surface area contributed by atoms with Crippen molar-refractivity contribution in [3.05, 3.63) is 51.6 Å². The van der Waals surface area contributed by atoms with E-state index in [1.54, 1.807) is 23.6 Å². The molecule has 21 heavy (non-hydrogen) atoms. The summed E-state index contributed by atoms with van der Waals surface area (Å²) in [5.74, 6) is -0.569.